The molecule has 39 heavy (non-hydrogen) atoms. The number of hydrogen-bond acceptors (Lipinski definition) is 6. The van der Waals surface area contributed by atoms with Crippen molar-refractivity contribution < 1.29 is 34.0 Å². The molecule has 7 atom stereocenters. The zero-order chi connectivity index (χ0) is 27.5. The van der Waals surface area contributed by atoms with Crippen molar-refractivity contribution >= 4 is 5.97 Å². The lowest BCUT2D eigenvalue weighted by molar-refractivity contribution is -0.196. The highest BCUT2D eigenvalue weighted by Gasteiger charge is 2.43. The average Bonchev–Trinajstić information content (AvgIpc) is 3.20. The van der Waals surface area contributed by atoms with E-state index in [-0.39, 0.29) is 43.0 Å². The van der Waals surface area contributed by atoms with E-state index in [4.69, 9.17) is 24.1 Å². The molecule has 0 aromatic carbocycles. The molecule has 4 aliphatic rings. The summed E-state index contributed by atoms with van der Waals surface area (Å²) < 4.78 is 24.9. The highest BCUT2D eigenvalue weighted by molar-refractivity contribution is 5.66. The van der Waals surface area contributed by atoms with Crippen LogP contribution in [0.5, 0.6) is 0 Å². The van der Waals surface area contributed by atoms with Crippen LogP contribution >= 0.6 is 0 Å². The molecular weight excluding hydrogens is 496 g/mol. The van der Waals surface area contributed by atoms with E-state index in [0.717, 1.165) is 70.5 Å². The maximum atomic E-state index is 11.1. The third kappa shape index (κ3) is 9.67. The summed E-state index contributed by atoms with van der Waals surface area (Å²) >= 11 is 0. The van der Waals surface area contributed by atoms with Gasteiger partial charge < -0.3 is 29.2 Å². The van der Waals surface area contributed by atoms with Gasteiger partial charge in [-0.15, -0.1) is 0 Å². The molecule has 0 aromatic rings. The Hall–Kier alpha value is -1.25. The Kier molecular flexibility index (Phi) is 12.8. The Bertz CT molecular complexity index is 764. The number of carboxylic acid groups (broad SMARTS) is 1. The highest BCUT2D eigenvalue weighted by atomic mass is 16.7. The molecule has 2 unspecified atom stereocenters. The van der Waals surface area contributed by atoms with Gasteiger partial charge in [-0.25, -0.2) is 0 Å². The minimum Gasteiger partial charge on any atom is -0.481 e. The third-order valence-electron chi connectivity index (χ3n) is 9.10. The van der Waals surface area contributed by atoms with Crippen LogP contribution in [0.15, 0.2) is 24.3 Å². The van der Waals surface area contributed by atoms with Gasteiger partial charge in [-0.05, 0) is 88.4 Å². The summed E-state index contributed by atoms with van der Waals surface area (Å²) in [5, 5.41) is 20.0. The third-order valence-corrected chi connectivity index (χ3v) is 9.10. The number of rotatable bonds is 15. The van der Waals surface area contributed by atoms with Gasteiger partial charge in [0.25, 0.3) is 0 Å². The smallest absolute Gasteiger partial charge is 0.303 e. The zero-order valence-electron chi connectivity index (χ0n) is 24.0. The molecule has 4 fully saturated rings. The van der Waals surface area contributed by atoms with Crippen molar-refractivity contribution in [2.24, 2.45) is 23.7 Å². The van der Waals surface area contributed by atoms with Crippen LogP contribution in [-0.2, 0) is 23.7 Å². The van der Waals surface area contributed by atoms with Crippen molar-refractivity contribution in [2.45, 2.75) is 134 Å². The van der Waals surface area contributed by atoms with Crippen molar-refractivity contribution in [1.82, 2.24) is 0 Å². The van der Waals surface area contributed by atoms with Crippen molar-refractivity contribution in [1.29, 1.82) is 0 Å². The normalized spacial score (nSPS) is 36.4. The first-order chi connectivity index (χ1) is 19.0. The average molecular weight is 549 g/mol. The van der Waals surface area contributed by atoms with Gasteiger partial charge in [0.05, 0.1) is 18.3 Å². The van der Waals surface area contributed by atoms with Crippen LogP contribution in [0.4, 0.5) is 0 Å². The summed E-state index contributed by atoms with van der Waals surface area (Å²) in [6, 6.07) is 0. The fraction of sp³-hybridized carbons (Fsp3) is 0.844. The standard InChI is InChI=1S/C32H52O7/c1-2-11-23-20-24(21-23)28(38-31-14-7-9-18-36-31)17-16-26-25(12-5-3-4-6-13-30(34)35)27(33)22-29(26)39-32-15-8-10-19-37-32/h3,5,16-17,23-29,31-33H,2,4,6-15,18-22H2,1H3,(H,34,35)/b5-3-,17-16+/t23?,24?,25-,26-,27+,28-,29-,31?,32?/m1/s1. The molecule has 2 N–H and O–H groups in total. The second kappa shape index (κ2) is 16.3. The fourth-order valence-corrected chi connectivity index (χ4v) is 6.83. The van der Waals surface area contributed by atoms with Crippen LogP contribution < -0.4 is 0 Å². The Morgan fingerprint density at radius 1 is 1.03 bits per heavy atom. The molecule has 0 amide bonds. The topological polar surface area (TPSA) is 94.5 Å². The molecule has 0 spiro atoms. The summed E-state index contributed by atoms with van der Waals surface area (Å²) in [7, 11) is 0. The van der Waals surface area contributed by atoms with E-state index >= 15 is 0 Å². The predicted octanol–water partition coefficient (Wildman–Crippen LogP) is 6.39. The van der Waals surface area contributed by atoms with Crippen LogP contribution in [0.25, 0.3) is 0 Å². The van der Waals surface area contributed by atoms with Crippen LogP contribution in [0.3, 0.4) is 0 Å². The molecular formula is C32H52O7. The summed E-state index contributed by atoms with van der Waals surface area (Å²) in [6.07, 6.45) is 22.0. The van der Waals surface area contributed by atoms with Crippen LogP contribution in [0.1, 0.15) is 103 Å². The van der Waals surface area contributed by atoms with Gasteiger partial charge in [0.2, 0.25) is 0 Å². The maximum Gasteiger partial charge on any atom is 0.303 e. The first-order valence-electron chi connectivity index (χ1n) is 15.8. The van der Waals surface area contributed by atoms with Crippen molar-refractivity contribution in [3.8, 4) is 0 Å². The van der Waals surface area contributed by atoms with Gasteiger partial charge in [-0.3, -0.25) is 4.79 Å². The van der Waals surface area contributed by atoms with E-state index in [1.807, 2.05) is 0 Å². The molecule has 0 radical (unpaired) electrons. The van der Waals surface area contributed by atoms with Crippen LogP contribution in [0, 0.1) is 23.7 Å². The van der Waals surface area contributed by atoms with Gasteiger partial charge in [0.15, 0.2) is 12.6 Å². The number of aliphatic hydroxyl groups excluding tert-OH is 1. The summed E-state index contributed by atoms with van der Waals surface area (Å²) in [4.78, 5) is 10.8. The molecule has 2 saturated heterocycles. The summed E-state index contributed by atoms with van der Waals surface area (Å²) in [5.41, 5.74) is 0. The van der Waals surface area contributed by atoms with Crippen molar-refractivity contribution in [3.63, 3.8) is 0 Å². The summed E-state index contributed by atoms with van der Waals surface area (Å²) in [6.45, 7) is 3.78. The molecule has 2 aliphatic carbocycles. The van der Waals surface area contributed by atoms with Crippen LogP contribution in [-0.4, -0.2) is 60.3 Å². The lowest BCUT2D eigenvalue weighted by Crippen LogP contribution is -2.38. The van der Waals surface area contributed by atoms with E-state index < -0.39 is 12.1 Å². The van der Waals surface area contributed by atoms with E-state index in [1.165, 1.54) is 25.7 Å². The maximum absolute atomic E-state index is 11.1. The molecule has 2 aliphatic heterocycles. The second-order valence-corrected chi connectivity index (χ2v) is 12.2. The van der Waals surface area contributed by atoms with Gasteiger partial charge >= 0.3 is 5.97 Å². The monoisotopic (exact) mass is 548 g/mol. The Labute approximate surface area is 235 Å². The van der Waals surface area contributed by atoms with Crippen molar-refractivity contribution in [3.05, 3.63) is 24.3 Å². The largest absolute Gasteiger partial charge is 0.481 e. The number of carboxylic acids is 1. The second-order valence-electron chi connectivity index (χ2n) is 12.2. The minimum atomic E-state index is -0.757. The molecule has 2 saturated carbocycles. The number of ether oxygens (including phenoxy) is 4. The number of allylic oxidation sites excluding steroid dienone is 2. The fourth-order valence-electron chi connectivity index (χ4n) is 6.83. The van der Waals surface area contributed by atoms with E-state index in [9.17, 15) is 9.90 Å². The molecule has 7 nitrogen and oxygen atoms in total. The van der Waals surface area contributed by atoms with Gasteiger partial charge in [0.1, 0.15) is 0 Å². The molecule has 0 aromatic heterocycles. The van der Waals surface area contributed by atoms with Gasteiger partial charge in [-0.2, -0.15) is 0 Å². The first kappa shape index (κ1) is 30.7. The molecule has 222 valence electrons. The number of carbonyl (C=O) groups is 1. The molecule has 7 heteroatoms. The Morgan fingerprint density at radius 2 is 1.77 bits per heavy atom. The Morgan fingerprint density at radius 3 is 2.44 bits per heavy atom. The van der Waals surface area contributed by atoms with E-state index in [0.29, 0.717) is 18.8 Å². The Balaban J connectivity index is 1.43. The van der Waals surface area contributed by atoms with Crippen molar-refractivity contribution in [2.75, 3.05) is 13.2 Å². The van der Waals surface area contributed by atoms with Gasteiger partial charge in [-0.1, -0.05) is 44.1 Å². The number of aliphatic hydroxyl groups is 1. The zero-order valence-corrected chi connectivity index (χ0v) is 24.0. The van der Waals surface area contributed by atoms with E-state index in [2.05, 4.69) is 31.2 Å². The number of hydrogen-bond donors (Lipinski definition) is 2. The quantitative estimate of drug-likeness (QED) is 0.181. The van der Waals surface area contributed by atoms with Gasteiger partial charge in [0, 0.05) is 32.0 Å². The molecule has 0 bridgehead atoms. The van der Waals surface area contributed by atoms with Crippen LogP contribution in [0.2, 0.25) is 0 Å². The lowest BCUT2D eigenvalue weighted by atomic mass is 9.70. The SMILES string of the molecule is CCCC1CC([C@@H](/C=C/[C@@H]2[C@@H](C/C=C\CCCC(=O)O)[C@@H](O)C[C@H]2OC2CCCCO2)OC2CCCCO2)C1. The lowest BCUT2D eigenvalue weighted by Gasteiger charge is -2.41. The predicted molar refractivity (Wildman–Crippen MR) is 150 cm³/mol. The number of unbranched alkanes of at least 4 members (excludes halogenated alkanes) is 1. The molecule has 4 rings (SSSR count). The first-order valence-corrected chi connectivity index (χ1v) is 15.8. The summed E-state index contributed by atoms with van der Waals surface area (Å²) in [5.74, 6) is 0.681. The minimum absolute atomic E-state index is 0.0257. The van der Waals surface area contributed by atoms with E-state index in [1.54, 1.807) is 0 Å². The highest BCUT2D eigenvalue weighted by Crippen LogP contribution is 2.43. The number of aliphatic carboxylic acids is 1. The molecule has 2 heterocycles.